The Bertz CT molecular complexity index is 681. The van der Waals surface area contributed by atoms with Crippen LogP contribution in [0.25, 0.3) is 0 Å². The number of anilines is 1. The van der Waals surface area contributed by atoms with E-state index in [1.54, 1.807) is 7.11 Å². The number of ether oxygens (including phenoxy) is 1. The second-order valence-electron chi connectivity index (χ2n) is 5.72. The molecule has 4 rings (SSSR count). The highest BCUT2D eigenvalue weighted by molar-refractivity contribution is 5.61. The number of allylic oxidation sites excluding steroid dienone is 2. The number of fused-ring (bicyclic) bond motifs is 3. The van der Waals surface area contributed by atoms with Crippen molar-refractivity contribution in [3.05, 3.63) is 66.0 Å². The molecule has 0 radical (unpaired) electrons. The van der Waals surface area contributed by atoms with Crippen LogP contribution in [0.5, 0.6) is 5.75 Å². The molecule has 0 amide bonds. The van der Waals surface area contributed by atoms with Crippen molar-refractivity contribution in [3.63, 3.8) is 0 Å². The zero-order valence-electron chi connectivity index (χ0n) is 12.0. The van der Waals surface area contributed by atoms with Crippen LogP contribution in [-0.2, 0) is 0 Å². The number of nitrogens with one attached hydrogen (secondary N) is 1. The summed E-state index contributed by atoms with van der Waals surface area (Å²) >= 11 is 0. The largest absolute Gasteiger partial charge is 0.497 e. The molecule has 21 heavy (non-hydrogen) atoms. The molecule has 1 aromatic carbocycles. The Labute approximate surface area is 124 Å². The quantitative estimate of drug-likeness (QED) is 0.845. The van der Waals surface area contributed by atoms with Crippen LogP contribution in [0.15, 0.2) is 54.9 Å². The molecule has 3 atom stereocenters. The van der Waals surface area contributed by atoms with Crippen molar-refractivity contribution in [3.8, 4) is 5.75 Å². The fourth-order valence-corrected chi connectivity index (χ4v) is 3.59. The molecule has 3 heteroatoms. The van der Waals surface area contributed by atoms with Gasteiger partial charge in [0.2, 0.25) is 0 Å². The minimum Gasteiger partial charge on any atom is -0.497 e. The maximum absolute atomic E-state index is 5.38. The molecule has 1 N–H and O–H groups in total. The lowest BCUT2D eigenvalue weighted by Gasteiger charge is -2.37. The summed E-state index contributed by atoms with van der Waals surface area (Å²) in [6.45, 7) is 0. The average molecular weight is 278 g/mol. The monoisotopic (exact) mass is 278 g/mol. The zero-order valence-corrected chi connectivity index (χ0v) is 12.0. The number of hydrogen-bond donors (Lipinski definition) is 1. The third-order valence-corrected chi connectivity index (χ3v) is 4.61. The summed E-state index contributed by atoms with van der Waals surface area (Å²) in [5, 5.41) is 3.70. The van der Waals surface area contributed by atoms with Gasteiger partial charge in [-0.1, -0.05) is 18.2 Å². The van der Waals surface area contributed by atoms with Crippen molar-refractivity contribution in [1.82, 2.24) is 4.98 Å². The smallest absolute Gasteiger partial charge is 0.119 e. The fourth-order valence-electron chi connectivity index (χ4n) is 3.59. The Morgan fingerprint density at radius 1 is 1.29 bits per heavy atom. The van der Waals surface area contributed by atoms with Crippen LogP contribution in [0.4, 0.5) is 5.69 Å². The van der Waals surface area contributed by atoms with Gasteiger partial charge in [0.15, 0.2) is 0 Å². The highest BCUT2D eigenvalue weighted by Crippen LogP contribution is 2.50. The van der Waals surface area contributed by atoms with E-state index in [1.807, 2.05) is 24.5 Å². The second kappa shape index (κ2) is 4.92. The van der Waals surface area contributed by atoms with E-state index in [9.17, 15) is 0 Å². The van der Waals surface area contributed by atoms with Gasteiger partial charge in [-0.25, -0.2) is 0 Å². The summed E-state index contributed by atoms with van der Waals surface area (Å²) in [7, 11) is 1.72. The van der Waals surface area contributed by atoms with Crippen LogP contribution in [0.1, 0.15) is 29.5 Å². The average Bonchev–Trinajstić information content (AvgIpc) is 3.04. The van der Waals surface area contributed by atoms with E-state index in [0.29, 0.717) is 17.9 Å². The van der Waals surface area contributed by atoms with E-state index >= 15 is 0 Å². The van der Waals surface area contributed by atoms with Crippen molar-refractivity contribution in [2.75, 3.05) is 12.4 Å². The second-order valence-corrected chi connectivity index (χ2v) is 5.72. The molecule has 1 aromatic heterocycles. The Kier molecular flexibility index (Phi) is 2.92. The van der Waals surface area contributed by atoms with Crippen molar-refractivity contribution < 1.29 is 4.74 Å². The van der Waals surface area contributed by atoms with Crippen LogP contribution in [0, 0.1) is 5.92 Å². The first-order valence-electron chi connectivity index (χ1n) is 7.38. The highest BCUT2D eigenvalue weighted by atomic mass is 16.5. The summed E-state index contributed by atoms with van der Waals surface area (Å²) in [5.41, 5.74) is 3.81. The zero-order chi connectivity index (χ0) is 14.2. The minimum atomic E-state index is 0.319. The molecule has 1 aliphatic carbocycles. The first-order chi connectivity index (χ1) is 10.4. The van der Waals surface area contributed by atoms with Crippen molar-refractivity contribution >= 4 is 5.69 Å². The van der Waals surface area contributed by atoms with Gasteiger partial charge in [-0.15, -0.1) is 0 Å². The lowest BCUT2D eigenvalue weighted by atomic mass is 9.77. The molecule has 3 nitrogen and oxygen atoms in total. The number of aromatic nitrogens is 1. The lowest BCUT2D eigenvalue weighted by molar-refractivity contribution is 0.405. The van der Waals surface area contributed by atoms with Gasteiger partial charge < -0.3 is 10.1 Å². The summed E-state index contributed by atoms with van der Waals surface area (Å²) in [4.78, 5) is 4.28. The molecular weight excluding hydrogens is 260 g/mol. The standard InChI is InChI=1S/C18H18N2O/c1-21-13-7-8-17-16(10-13)14-5-2-6-15(14)18(20-17)12-4-3-9-19-11-12/h2-5,7-11,14-15,18,20H,6H2,1H3. The van der Waals surface area contributed by atoms with Gasteiger partial charge >= 0.3 is 0 Å². The predicted octanol–water partition coefficient (Wildman–Crippen LogP) is 3.92. The Balaban J connectivity index is 1.78. The summed E-state index contributed by atoms with van der Waals surface area (Å²) in [6, 6.07) is 10.8. The van der Waals surface area contributed by atoms with Gasteiger partial charge in [0.25, 0.3) is 0 Å². The van der Waals surface area contributed by atoms with Crippen LogP contribution in [0.2, 0.25) is 0 Å². The normalized spacial score (nSPS) is 25.9. The SMILES string of the molecule is COc1ccc2c(c1)C1C=CCC1C(c1cccnc1)N2. The van der Waals surface area contributed by atoms with Crippen molar-refractivity contribution in [1.29, 1.82) is 0 Å². The maximum atomic E-state index is 5.38. The van der Waals surface area contributed by atoms with Crippen LogP contribution >= 0.6 is 0 Å². The summed E-state index contributed by atoms with van der Waals surface area (Å²) in [6.07, 6.45) is 9.55. The molecular formula is C18H18N2O. The third-order valence-electron chi connectivity index (χ3n) is 4.61. The summed E-state index contributed by atoms with van der Waals surface area (Å²) < 4.78 is 5.38. The van der Waals surface area contributed by atoms with Crippen LogP contribution in [-0.4, -0.2) is 12.1 Å². The van der Waals surface area contributed by atoms with Crippen LogP contribution < -0.4 is 10.1 Å². The molecule has 1 aliphatic heterocycles. The van der Waals surface area contributed by atoms with Gasteiger partial charge in [-0.05, 0) is 47.7 Å². The number of pyridine rings is 1. The van der Waals surface area contributed by atoms with Gasteiger partial charge in [0.1, 0.15) is 5.75 Å². The number of rotatable bonds is 2. The number of nitrogens with zero attached hydrogens (tertiary/aromatic N) is 1. The molecule has 0 fully saturated rings. The molecule has 3 unspecified atom stereocenters. The first-order valence-corrected chi connectivity index (χ1v) is 7.38. The molecule has 2 aliphatic rings. The Hall–Kier alpha value is -2.29. The minimum absolute atomic E-state index is 0.319. The molecule has 106 valence electrons. The lowest BCUT2D eigenvalue weighted by Crippen LogP contribution is -2.29. The third kappa shape index (κ3) is 2.00. The van der Waals surface area contributed by atoms with E-state index in [-0.39, 0.29) is 0 Å². The Morgan fingerprint density at radius 2 is 2.24 bits per heavy atom. The topological polar surface area (TPSA) is 34.1 Å². The van der Waals surface area contributed by atoms with Crippen LogP contribution in [0.3, 0.4) is 0 Å². The molecule has 2 aromatic rings. The van der Waals surface area contributed by atoms with E-state index in [1.165, 1.54) is 16.8 Å². The number of methoxy groups -OCH3 is 1. The van der Waals surface area contributed by atoms with E-state index < -0.39 is 0 Å². The van der Waals surface area contributed by atoms with Gasteiger partial charge in [0.05, 0.1) is 13.2 Å². The maximum Gasteiger partial charge on any atom is 0.119 e. The summed E-state index contributed by atoms with van der Waals surface area (Å²) in [5.74, 6) is 1.93. The fraction of sp³-hybridized carbons (Fsp3) is 0.278. The molecule has 0 saturated heterocycles. The van der Waals surface area contributed by atoms with E-state index in [0.717, 1.165) is 12.2 Å². The molecule has 0 bridgehead atoms. The van der Waals surface area contributed by atoms with Crippen molar-refractivity contribution in [2.24, 2.45) is 5.92 Å². The van der Waals surface area contributed by atoms with Gasteiger partial charge in [-0.2, -0.15) is 0 Å². The Morgan fingerprint density at radius 3 is 3.05 bits per heavy atom. The molecule has 0 spiro atoms. The highest BCUT2D eigenvalue weighted by Gasteiger charge is 2.38. The first kappa shape index (κ1) is 12.5. The molecule has 0 saturated carbocycles. The molecule has 2 heterocycles. The predicted molar refractivity (Wildman–Crippen MR) is 83.6 cm³/mol. The van der Waals surface area contributed by atoms with E-state index in [4.69, 9.17) is 4.74 Å². The van der Waals surface area contributed by atoms with Gasteiger partial charge in [0, 0.05) is 24.0 Å². The van der Waals surface area contributed by atoms with E-state index in [2.05, 4.69) is 40.7 Å². The number of benzene rings is 1. The number of hydrogen-bond acceptors (Lipinski definition) is 3. The van der Waals surface area contributed by atoms with Gasteiger partial charge in [-0.3, -0.25) is 4.98 Å². The van der Waals surface area contributed by atoms with Crippen molar-refractivity contribution in [2.45, 2.75) is 18.4 Å².